The van der Waals surface area contributed by atoms with Crippen molar-refractivity contribution in [1.29, 1.82) is 0 Å². The average Bonchev–Trinajstić information content (AvgIpc) is 3.35. The maximum absolute atomic E-state index is 12.5. The molecule has 2 fully saturated rings. The van der Waals surface area contributed by atoms with Gasteiger partial charge in [0.2, 0.25) is 5.91 Å². The monoisotopic (exact) mass is 303 g/mol. The van der Waals surface area contributed by atoms with Crippen LogP contribution < -0.4 is 4.74 Å². The second-order valence-electron chi connectivity index (χ2n) is 6.16. The number of rotatable bonds is 4. The summed E-state index contributed by atoms with van der Waals surface area (Å²) < 4.78 is 5.23. The molecule has 3 rings (SSSR count). The van der Waals surface area contributed by atoms with Crippen LogP contribution in [-0.4, -0.2) is 42.1 Å². The second-order valence-corrected chi connectivity index (χ2v) is 6.16. The Morgan fingerprint density at radius 2 is 2.00 bits per heavy atom. The van der Waals surface area contributed by atoms with Crippen LogP contribution in [0.2, 0.25) is 0 Å². The van der Waals surface area contributed by atoms with E-state index in [1.807, 2.05) is 29.2 Å². The topological polar surface area (TPSA) is 66.8 Å². The molecular weight excluding hydrogens is 282 g/mol. The Labute approximate surface area is 129 Å². The van der Waals surface area contributed by atoms with E-state index < -0.39 is 5.97 Å². The molecule has 5 heteroatoms. The summed E-state index contributed by atoms with van der Waals surface area (Å²) in [5.74, 6) is 0.285. The van der Waals surface area contributed by atoms with Crippen molar-refractivity contribution in [1.82, 2.24) is 4.90 Å². The van der Waals surface area contributed by atoms with Gasteiger partial charge in [-0.25, -0.2) is 0 Å². The molecule has 1 N–H and O–H groups in total. The van der Waals surface area contributed by atoms with Crippen molar-refractivity contribution in [2.45, 2.75) is 25.2 Å². The van der Waals surface area contributed by atoms with Gasteiger partial charge in [0.15, 0.2) is 0 Å². The third-order valence-corrected chi connectivity index (χ3v) is 4.79. The number of piperidine rings is 1. The Bertz CT molecular complexity index is 578. The zero-order valence-corrected chi connectivity index (χ0v) is 12.7. The van der Waals surface area contributed by atoms with E-state index in [4.69, 9.17) is 9.84 Å². The van der Waals surface area contributed by atoms with E-state index in [-0.39, 0.29) is 23.7 Å². The molecule has 1 heterocycles. The first-order valence-electron chi connectivity index (χ1n) is 7.75. The fourth-order valence-corrected chi connectivity index (χ4v) is 3.29. The highest BCUT2D eigenvalue weighted by molar-refractivity contribution is 5.83. The van der Waals surface area contributed by atoms with Crippen LogP contribution in [0.4, 0.5) is 0 Å². The highest BCUT2D eigenvalue weighted by Crippen LogP contribution is 2.49. The minimum atomic E-state index is -0.743. The van der Waals surface area contributed by atoms with Crippen molar-refractivity contribution in [2.75, 3.05) is 20.2 Å². The third-order valence-electron chi connectivity index (χ3n) is 4.79. The molecule has 0 aromatic heterocycles. The highest BCUT2D eigenvalue weighted by atomic mass is 16.5. The maximum Gasteiger partial charge on any atom is 0.306 e. The Kier molecular flexibility index (Phi) is 4.05. The van der Waals surface area contributed by atoms with Crippen LogP contribution in [0.1, 0.15) is 30.7 Å². The average molecular weight is 303 g/mol. The van der Waals surface area contributed by atoms with E-state index in [1.165, 1.54) is 0 Å². The van der Waals surface area contributed by atoms with Crippen LogP contribution in [0, 0.1) is 11.8 Å². The predicted molar refractivity (Wildman–Crippen MR) is 80.8 cm³/mol. The van der Waals surface area contributed by atoms with Gasteiger partial charge in [-0.05, 0) is 42.9 Å². The van der Waals surface area contributed by atoms with Crippen molar-refractivity contribution >= 4 is 11.9 Å². The van der Waals surface area contributed by atoms with Gasteiger partial charge < -0.3 is 14.7 Å². The molecule has 22 heavy (non-hydrogen) atoms. The van der Waals surface area contributed by atoms with Gasteiger partial charge in [-0.3, -0.25) is 9.59 Å². The van der Waals surface area contributed by atoms with Crippen molar-refractivity contribution in [3.63, 3.8) is 0 Å². The van der Waals surface area contributed by atoms with E-state index in [2.05, 4.69) is 0 Å². The molecule has 2 atom stereocenters. The van der Waals surface area contributed by atoms with Crippen LogP contribution in [0.25, 0.3) is 0 Å². The Morgan fingerprint density at radius 1 is 1.27 bits per heavy atom. The Hall–Kier alpha value is -2.04. The van der Waals surface area contributed by atoms with Gasteiger partial charge in [0.05, 0.1) is 13.0 Å². The molecule has 2 aliphatic rings. The van der Waals surface area contributed by atoms with Crippen molar-refractivity contribution in [3.8, 4) is 5.75 Å². The molecule has 1 saturated carbocycles. The smallest absolute Gasteiger partial charge is 0.306 e. The van der Waals surface area contributed by atoms with Crippen LogP contribution in [0.15, 0.2) is 24.3 Å². The van der Waals surface area contributed by atoms with Gasteiger partial charge in [0.1, 0.15) is 5.75 Å². The fourth-order valence-electron chi connectivity index (χ4n) is 3.29. The number of methoxy groups -OCH3 is 1. The second kappa shape index (κ2) is 5.99. The van der Waals surface area contributed by atoms with Crippen LogP contribution in [0.3, 0.4) is 0 Å². The number of carbonyl (C=O) groups is 2. The van der Waals surface area contributed by atoms with Gasteiger partial charge in [0.25, 0.3) is 0 Å². The van der Waals surface area contributed by atoms with Gasteiger partial charge >= 0.3 is 5.97 Å². The zero-order chi connectivity index (χ0) is 15.7. The van der Waals surface area contributed by atoms with Crippen molar-refractivity contribution in [2.24, 2.45) is 11.8 Å². The SMILES string of the molecule is COc1cccc(C2CC2C(=O)N2CCC(C(=O)O)CC2)c1. The summed E-state index contributed by atoms with van der Waals surface area (Å²) in [7, 11) is 1.64. The molecule has 5 nitrogen and oxygen atoms in total. The largest absolute Gasteiger partial charge is 0.497 e. The van der Waals surface area contributed by atoms with Crippen LogP contribution >= 0.6 is 0 Å². The summed E-state index contributed by atoms with van der Waals surface area (Å²) in [5.41, 5.74) is 1.15. The standard InChI is InChI=1S/C17H21NO4/c1-22-13-4-2-3-12(9-13)14-10-15(14)16(19)18-7-5-11(6-8-18)17(20)21/h2-4,9,11,14-15H,5-8,10H2,1H3,(H,20,21). The van der Waals surface area contributed by atoms with E-state index in [0.29, 0.717) is 25.9 Å². The summed E-state index contributed by atoms with van der Waals surface area (Å²) in [5, 5.41) is 9.01. The molecular formula is C17H21NO4. The molecule has 1 aromatic carbocycles. The van der Waals surface area contributed by atoms with Gasteiger partial charge in [-0.2, -0.15) is 0 Å². The van der Waals surface area contributed by atoms with E-state index in [0.717, 1.165) is 17.7 Å². The Morgan fingerprint density at radius 3 is 2.64 bits per heavy atom. The maximum atomic E-state index is 12.5. The molecule has 0 radical (unpaired) electrons. The van der Waals surface area contributed by atoms with Gasteiger partial charge in [0, 0.05) is 19.0 Å². The fraction of sp³-hybridized carbons (Fsp3) is 0.529. The quantitative estimate of drug-likeness (QED) is 0.925. The first-order chi connectivity index (χ1) is 10.6. The minimum Gasteiger partial charge on any atom is -0.497 e. The first-order valence-corrected chi connectivity index (χ1v) is 7.75. The summed E-state index contributed by atoms with van der Waals surface area (Å²) in [6.07, 6.45) is 2.01. The lowest BCUT2D eigenvalue weighted by Gasteiger charge is -2.30. The molecule has 1 aliphatic heterocycles. The Balaban J connectivity index is 1.58. The molecule has 2 unspecified atom stereocenters. The third kappa shape index (κ3) is 2.93. The number of hydrogen-bond donors (Lipinski definition) is 1. The van der Waals surface area contributed by atoms with Gasteiger partial charge in [-0.15, -0.1) is 0 Å². The summed E-state index contributed by atoms with van der Waals surface area (Å²) in [6.45, 7) is 1.13. The number of hydrogen-bond acceptors (Lipinski definition) is 3. The van der Waals surface area contributed by atoms with Gasteiger partial charge in [-0.1, -0.05) is 12.1 Å². The minimum absolute atomic E-state index is 0.0495. The molecule has 118 valence electrons. The lowest BCUT2D eigenvalue weighted by molar-refractivity contribution is -0.146. The number of carboxylic acids is 1. The number of carbonyl (C=O) groups excluding carboxylic acids is 1. The van der Waals surface area contributed by atoms with E-state index in [9.17, 15) is 9.59 Å². The number of nitrogens with zero attached hydrogens (tertiary/aromatic N) is 1. The van der Waals surface area contributed by atoms with Crippen molar-refractivity contribution in [3.05, 3.63) is 29.8 Å². The summed E-state index contributed by atoms with van der Waals surface area (Å²) in [6, 6.07) is 7.89. The predicted octanol–water partition coefficient (Wildman–Crippen LogP) is 2.12. The molecule has 1 saturated heterocycles. The number of aliphatic carboxylic acids is 1. The summed E-state index contributed by atoms with van der Waals surface area (Å²) >= 11 is 0. The lowest BCUT2D eigenvalue weighted by atomic mass is 9.96. The number of likely N-dealkylation sites (tertiary alicyclic amines) is 1. The lowest BCUT2D eigenvalue weighted by Crippen LogP contribution is -2.41. The zero-order valence-electron chi connectivity index (χ0n) is 12.7. The number of ether oxygens (including phenoxy) is 1. The van der Waals surface area contributed by atoms with Crippen LogP contribution in [-0.2, 0) is 9.59 Å². The highest BCUT2D eigenvalue weighted by Gasteiger charge is 2.46. The van der Waals surface area contributed by atoms with Crippen LogP contribution in [0.5, 0.6) is 5.75 Å². The first kappa shape index (κ1) is 14.9. The van der Waals surface area contributed by atoms with E-state index >= 15 is 0 Å². The molecule has 0 bridgehead atoms. The number of benzene rings is 1. The number of amides is 1. The molecule has 1 aromatic rings. The molecule has 1 aliphatic carbocycles. The van der Waals surface area contributed by atoms with E-state index in [1.54, 1.807) is 7.11 Å². The van der Waals surface area contributed by atoms with Crippen molar-refractivity contribution < 1.29 is 19.4 Å². The molecule has 0 spiro atoms. The molecule has 1 amide bonds. The summed E-state index contributed by atoms with van der Waals surface area (Å²) in [4.78, 5) is 25.3. The normalized spacial score (nSPS) is 24.9. The number of carboxylic acid groups (broad SMARTS) is 1.